The number of hydrogen-bond donors (Lipinski definition) is 0. The van der Waals surface area contributed by atoms with Crippen LogP contribution in [0.1, 0.15) is 54.4 Å². The van der Waals surface area contributed by atoms with Gasteiger partial charge in [-0.1, -0.05) is 48.6 Å². The van der Waals surface area contributed by atoms with Crippen molar-refractivity contribution in [3.8, 4) is 34.5 Å². The van der Waals surface area contributed by atoms with E-state index >= 15 is 0 Å². The summed E-state index contributed by atoms with van der Waals surface area (Å²) >= 11 is 0. The minimum atomic E-state index is -5.29. The lowest BCUT2D eigenvalue weighted by Crippen LogP contribution is -2.36. The molecule has 5 aromatic carbocycles. The van der Waals surface area contributed by atoms with Crippen molar-refractivity contribution in [1.29, 1.82) is 16.2 Å². The van der Waals surface area contributed by atoms with Crippen LogP contribution in [-0.2, 0) is 30.4 Å². The van der Waals surface area contributed by atoms with E-state index in [0.29, 0.717) is 0 Å². The lowest BCUT2D eigenvalue weighted by atomic mass is 10.0. The number of fused-ring (bicyclic) bond motifs is 3. The molecule has 0 atom stereocenters. The Morgan fingerprint density at radius 2 is 0.877 bits per heavy atom. The highest BCUT2D eigenvalue weighted by atomic mass is 32.2. The largest absolute Gasteiger partial charge is 0.867 e. The summed E-state index contributed by atoms with van der Waals surface area (Å²) in [5.41, 5.74) is -1.95. The maximum atomic E-state index is 14.6. The number of hydrogen-bond acceptors (Lipinski definition) is 16. The van der Waals surface area contributed by atoms with E-state index in [-0.39, 0.29) is 81.1 Å². The molecule has 5 aromatic rings. The van der Waals surface area contributed by atoms with Gasteiger partial charge in [0.25, 0.3) is 0 Å². The molecule has 65 heavy (non-hydrogen) atoms. The quantitative estimate of drug-likeness (QED) is 0.104. The van der Waals surface area contributed by atoms with Crippen molar-refractivity contribution in [2.24, 2.45) is 0 Å². The van der Waals surface area contributed by atoms with Crippen molar-refractivity contribution < 1.29 is 57.9 Å². The van der Waals surface area contributed by atoms with E-state index in [1.165, 1.54) is 60.7 Å². The third kappa shape index (κ3) is 7.73. The number of ketones is 1. The molecular weight excluding hydrogens is 905 g/mol. The summed E-state index contributed by atoms with van der Waals surface area (Å²) in [6.07, 6.45) is 3.22. The van der Waals surface area contributed by atoms with Crippen LogP contribution in [0.3, 0.4) is 0 Å². The maximum Gasteiger partial charge on any atom is 0.378 e. The van der Waals surface area contributed by atoms with E-state index in [9.17, 15) is 61.5 Å². The molecule has 22 heteroatoms. The summed E-state index contributed by atoms with van der Waals surface area (Å²) in [7, 11) is -15.7. The van der Waals surface area contributed by atoms with Crippen LogP contribution in [0, 0.1) is 16.2 Å². The lowest BCUT2D eigenvalue weighted by Gasteiger charge is -2.22. The number of diazo groups is 3. The molecule has 8 rings (SSSR count). The SMILES string of the molecule is N#[N+]c1ccc2c(c1[O-])=CCCC=2S(=O)(=O)Oc1ccc(C(=O)c2ccccc2)c(OS(=O)(=O)C2=c3ccc([N+]#N)c([O-])c3=CCC2)c1OS(=O)(=O)C1=c2ccc([N+]#N)c([O-])c2=CCC1. The van der Waals surface area contributed by atoms with Crippen molar-refractivity contribution in [2.45, 2.75) is 38.5 Å². The van der Waals surface area contributed by atoms with E-state index < -0.39 is 102 Å². The summed E-state index contributed by atoms with van der Waals surface area (Å²) in [6, 6.07) is 15.7. The standard InChI is InChI=1S/C43H28N6O13S3/c44-47-31-19-15-24-27(39(31)51)9-4-12-35(24)63(54,55)60-34-22-18-30(38(50)23-7-2-1-3-8-23)42(61-64(56,57)36-13-5-10-28-25(36)16-20-32(48-45)40(28)52)43(34)62-65(58,59)37-14-6-11-29-26(37)17-21-33(49-46)41(29)53/h1-3,7-11,15-22H,4-6,12-14H2. The molecule has 3 aliphatic rings. The van der Waals surface area contributed by atoms with E-state index in [0.717, 1.165) is 30.3 Å². The third-order valence-corrected chi connectivity index (χ3v) is 15.0. The molecule has 0 saturated carbocycles. The van der Waals surface area contributed by atoms with Gasteiger partial charge in [-0.15, -0.1) is 0 Å². The van der Waals surface area contributed by atoms with Gasteiger partial charge in [0.15, 0.2) is 26.5 Å². The molecule has 0 saturated heterocycles. The molecular formula is C43H28N6O13S3. The van der Waals surface area contributed by atoms with Crippen LogP contribution in [0.15, 0.2) is 78.9 Å². The highest BCUT2D eigenvalue weighted by Crippen LogP contribution is 2.46. The highest BCUT2D eigenvalue weighted by molar-refractivity contribution is 7.97. The molecule has 0 heterocycles. The number of benzene rings is 5. The molecule has 0 fully saturated rings. The van der Waals surface area contributed by atoms with Gasteiger partial charge in [-0.05, 0) is 117 Å². The second-order valence-corrected chi connectivity index (χ2v) is 19.2. The predicted molar refractivity (Wildman–Crippen MR) is 226 cm³/mol. The van der Waals surface area contributed by atoms with E-state index in [1.807, 2.05) is 0 Å². The first-order valence-corrected chi connectivity index (χ1v) is 23.5. The van der Waals surface area contributed by atoms with Crippen LogP contribution in [0.25, 0.3) is 47.9 Å². The first kappa shape index (κ1) is 43.5. The summed E-state index contributed by atoms with van der Waals surface area (Å²) in [5.74, 6) is -6.89. The van der Waals surface area contributed by atoms with Gasteiger partial charge in [0.1, 0.15) is 0 Å². The van der Waals surface area contributed by atoms with E-state index in [1.54, 1.807) is 6.07 Å². The fourth-order valence-electron chi connectivity index (χ4n) is 7.75. The van der Waals surface area contributed by atoms with Crippen LogP contribution < -0.4 is 59.2 Å². The average molecular weight is 933 g/mol. The Labute approximate surface area is 368 Å². The molecule has 0 spiro atoms. The molecule has 0 N–H and O–H groups in total. The molecule has 0 amide bonds. The molecule has 326 valence electrons. The maximum absolute atomic E-state index is 14.6. The monoisotopic (exact) mass is 932 g/mol. The van der Waals surface area contributed by atoms with E-state index in [2.05, 4.69) is 14.9 Å². The minimum Gasteiger partial charge on any atom is -0.867 e. The van der Waals surface area contributed by atoms with Gasteiger partial charge in [-0.3, -0.25) is 4.79 Å². The topological polar surface area (TPSA) is 301 Å². The number of rotatable bonds is 11. The van der Waals surface area contributed by atoms with Gasteiger partial charge in [0.2, 0.25) is 27.7 Å². The van der Waals surface area contributed by atoms with Gasteiger partial charge >= 0.3 is 47.4 Å². The lowest BCUT2D eigenvalue weighted by molar-refractivity contribution is -0.269. The van der Waals surface area contributed by atoms with Crippen LogP contribution in [0.4, 0.5) is 17.1 Å². The zero-order valence-electron chi connectivity index (χ0n) is 33.2. The number of carbonyl (C=O) groups excluding carboxylic acids is 1. The zero-order valence-corrected chi connectivity index (χ0v) is 35.6. The molecule has 0 radical (unpaired) electrons. The first-order valence-electron chi connectivity index (χ1n) is 19.3. The van der Waals surface area contributed by atoms with Crippen molar-refractivity contribution in [3.05, 3.63) is 136 Å². The Kier molecular flexibility index (Phi) is 11.1. The van der Waals surface area contributed by atoms with Crippen LogP contribution in [-0.4, -0.2) is 31.0 Å². The molecule has 0 aliphatic heterocycles. The Bertz CT molecular complexity index is 3840. The highest BCUT2D eigenvalue weighted by Gasteiger charge is 2.36. The average Bonchev–Trinajstić information content (AvgIpc) is 3.30. The second kappa shape index (κ2) is 16.5. The molecule has 3 aliphatic carbocycles. The van der Waals surface area contributed by atoms with Gasteiger partial charge in [0, 0.05) is 23.8 Å². The second-order valence-electron chi connectivity index (χ2n) is 14.5. The van der Waals surface area contributed by atoms with Crippen LogP contribution >= 0.6 is 0 Å². The molecule has 0 bridgehead atoms. The first-order chi connectivity index (χ1) is 31.0. The van der Waals surface area contributed by atoms with E-state index in [4.69, 9.17) is 12.5 Å². The minimum absolute atomic E-state index is 0.0257. The molecule has 0 aromatic heterocycles. The summed E-state index contributed by atoms with van der Waals surface area (Å²) in [6.45, 7) is 0. The third-order valence-electron chi connectivity index (χ3n) is 10.8. The van der Waals surface area contributed by atoms with Gasteiger partial charge in [-0.2, -0.15) is 25.3 Å². The Morgan fingerprint density at radius 1 is 0.492 bits per heavy atom. The van der Waals surface area contributed by atoms with Gasteiger partial charge in [-0.25, -0.2) is 0 Å². The Balaban J connectivity index is 1.41. The van der Waals surface area contributed by atoms with Crippen molar-refractivity contribution in [2.75, 3.05) is 0 Å². The van der Waals surface area contributed by atoms with Gasteiger partial charge < -0.3 is 27.9 Å². The van der Waals surface area contributed by atoms with Gasteiger partial charge in [0.05, 0.1) is 20.3 Å². The zero-order chi connectivity index (χ0) is 46.4. The molecule has 0 unspecified atom stereocenters. The smallest absolute Gasteiger partial charge is 0.378 e. The van der Waals surface area contributed by atoms with Crippen LogP contribution in [0.5, 0.6) is 34.5 Å². The summed E-state index contributed by atoms with van der Waals surface area (Å²) in [4.78, 5) is 21.5. The normalized spacial score (nSPS) is 14.3. The fourth-order valence-corrected chi connectivity index (χ4v) is 11.6. The number of carbonyl (C=O) groups is 1. The fraction of sp³-hybridized carbons (Fsp3) is 0.140. The van der Waals surface area contributed by atoms with Crippen LogP contribution in [0.2, 0.25) is 0 Å². The van der Waals surface area contributed by atoms with Crippen molar-refractivity contribution >= 4 is 86.1 Å². The summed E-state index contributed by atoms with van der Waals surface area (Å²) in [5, 5.41) is 66.2. The summed E-state index contributed by atoms with van der Waals surface area (Å²) < 4.78 is 104. The predicted octanol–water partition coefficient (Wildman–Crippen LogP) is 1.87. The van der Waals surface area contributed by atoms with Crippen molar-refractivity contribution in [3.63, 3.8) is 0 Å². The Hall–Kier alpha value is -8.10. The molecule has 19 nitrogen and oxygen atoms in total. The Morgan fingerprint density at radius 3 is 1.28 bits per heavy atom. The number of nitrogens with zero attached hydrogens (tertiary/aromatic N) is 6. The van der Waals surface area contributed by atoms with Crippen molar-refractivity contribution in [1.82, 2.24) is 0 Å².